The third kappa shape index (κ3) is 4.02. The Morgan fingerprint density at radius 2 is 2.00 bits per heavy atom. The smallest absolute Gasteiger partial charge is 0.213 e. The minimum atomic E-state index is -0.0531. The van der Waals surface area contributed by atoms with Crippen molar-refractivity contribution < 1.29 is 4.74 Å². The second-order valence-electron chi connectivity index (χ2n) is 4.71. The molecular formula is C12H18Cl2N2O. The largest absolute Gasteiger partial charge is 0.476 e. The first-order valence-electron chi connectivity index (χ1n) is 5.38. The number of halogens is 2. The molecule has 17 heavy (non-hydrogen) atoms. The van der Waals surface area contributed by atoms with E-state index in [9.17, 15) is 0 Å². The molecule has 1 aromatic rings. The summed E-state index contributed by atoms with van der Waals surface area (Å²) < 4.78 is 5.66. The highest BCUT2D eigenvalue weighted by Crippen LogP contribution is 2.20. The van der Waals surface area contributed by atoms with Gasteiger partial charge in [-0.15, -0.1) is 11.6 Å². The highest BCUT2D eigenvalue weighted by molar-refractivity contribution is 6.32. The first-order valence-corrected chi connectivity index (χ1v) is 6.29. The van der Waals surface area contributed by atoms with Gasteiger partial charge >= 0.3 is 0 Å². The number of hydrogen-bond acceptors (Lipinski definition) is 3. The minimum absolute atomic E-state index is 0.0531. The lowest BCUT2D eigenvalue weighted by atomic mass is 10.1. The van der Waals surface area contributed by atoms with E-state index in [1.807, 2.05) is 14.1 Å². The van der Waals surface area contributed by atoms with Crippen LogP contribution >= 0.6 is 23.2 Å². The summed E-state index contributed by atoms with van der Waals surface area (Å²) in [5.74, 6) is 0.840. The van der Waals surface area contributed by atoms with Crippen molar-refractivity contribution >= 4 is 23.2 Å². The summed E-state index contributed by atoms with van der Waals surface area (Å²) in [6.45, 7) is 4.76. The monoisotopic (exact) mass is 276 g/mol. The van der Waals surface area contributed by atoms with Crippen LogP contribution in [0, 0.1) is 0 Å². The summed E-state index contributed by atoms with van der Waals surface area (Å²) in [5.41, 5.74) is 0.594. The molecule has 1 rings (SSSR count). The number of rotatable bonds is 5. The topological polar surface area (TPSA) is 25.4 Å². The van der Waals surface area contributed by atoms with Crippen molar-refractivity contribution in [2.45, 2.75) is 25.3 Å². The Labute approximate surface area is 113 Å². The van der Waals surface area contributed by atoms with Gasteiger partial charge in [-0.3, -0.25) is 0 Å². The van der Waals surface area contributed by atoms with Crippen LogP contribution in [0.5, 0.6) is 5.88 Å². The van der Waals surface area contributed by atoms with Crippen molar-refractivity contribution in [2.24, 2.45) is 0 Å². The van der Waals surface area contributed by atoms with Crippen molar-refractivity contribution in [3.63, 3.8) is 0 Å². The van der Waals surface area contributed by atoms with Gasteiger partial charge in [-0.2, -0.15) is 0 Å². The Hall–Kier alpha value is -0.510. The van der Waals surface area contributed by atoms with Gasteiger partial charge in [0.15, 0.2) is 0 Å². The van der Waals surface area contributed by atoms with Gasteiger partial charge in [0.2, 0.25) is 5.88 Å². The van der Waals surface area contributed by atoms with Crippen LogP contribution < -0.4 is 4.74 Å². The molecule has 1 aromatic heterocycles. The number of ether oxygens (including phenoxy) is 1. The molecule has 96 valence electrons. The van der Waals surface area contributed by atoms with E-state index in [1.54, 1.807) is 12.1 Å². The van der Waals surface area contributed by atoms with Crippen LogP contribution in [0.1, 0.15) is 19.5 Å². The standard InChI is InChI=1S/C12H18Cl2N2O/c1-12(2,16(3)4)8-17-11-6-5-9(14)10(7-13)15-11/h5-6H,7-8H2,1-4H3. The van der Waals surface area contributed by atoms with Crippen LogP contribution in [-0.2, 0) is 5.88 Å². The summed E-state index contributed by atoms with van der Waals surface area (Å²) >= 11 is 11.7. The summed E-state index contributed by atoms with van der Waals surface area (Å²) in [7, 11) is 4.03. The number of hydrogen-bond donors (Lipinski definition) is 0. The van der Waals surface area contributed by atoms with Gasteiger partial charge < -0.3 is 9.64 Å². The Kier molecular flexibility index (Phi) is 5.04. The highest BCUT2D eigenvalue weighted by Gasteiger charge is 2.21. The molecule has 1 heterocycles. The molecule has 5 heteroatoms. The van der Waals surface area contributed by atoms with E-state index in [1.165, 1.54) is 0 Å². The molecule has 0 N–H and O–H groups in total. The van der Waals surface area contributed by atoms with Crippen LogP contribution in [0.4, 0.5) is 0 Å². The maximum atomic E-state index is 5.93. The zero-order valence-electron chi connectivity index (χ0n) is 10.6. The fourth-order valence-corrected chi connectivity index (χ4v) is 1.46. The second kappa shape index (κ2) is 5.89. The summed E-state index contributed by atoms with van der Waals surface area (Å²) in [5, 5.41) is 0.569. The zero-order chi connectivity index (χ0) is 13.1. The summed E-state index contributed by atoms with van der Waals surface area (Å²) in [4.78, 5) is 6.35. The Morgan fingerprint density at radius 3 is 2.53 bits per heavy atom. The van der Waals surface area contributed by atoms with Gasteiger partial charge in [-0.25, -0.2) is 4.98 Å². The van der Waals surface area contributed by atoms with Crippen LogP contribution in [0.25, 0.3) is 0 Å². The van der Waals surface area contributed by atoms with Crippen molar-refractivity contribution in [3.05, 3.63) is 22.8 Å². The molecule has 0 bridgehead atoms. The van der Waals surface area contributed by atoms with E-state index < -0.39 is 0 Å². The molecule has 0 saturated carbocycles. The summed E-state index contributed by atoms with van der Waals surface area (Å²) in [6.07, 6.45) is 0. The maximum Gasteiger partial charge on any atom is 0.213 e. The van der Waals surface area contributed by atoms with Crippen LogP contribution in [0.15, 0.2) is 12.1 Å². The average Bonchev–Trinajstić information content (AvgIpc) is 2.28. The van der Waals surface area contributed by atoms with Gasteiger partial charge in [0, 0.05) is 11.6 Å². The second-order valence-corrected chi connectivity index (χ2v) is 5.38. The SMILES string of the molecule is CN(C)C(C)(C)COc1ccc(Cl)c(CCl)n1. The molecule has 0 atom stereocenters. The molecule has 0 unspecified atom stereocenters. The minimum Gasteiger partial charge on any atom is -0.476 e. The van der Waals surface area contributed by atoms with E-state index in [0.29, 0.717) is 23.2 Å². The van der Waals surface area contributed by atoms with Crippen molar-refractivity contribution in [2.75, 3.05) is 20.7 Å². The molecule has 0 saturated heterocycles. The number of nitrogens with zero attached hydrogens (tertiary/aromatic N) is 2. The lowest BCUT2D eigenvalue weighted by Crippen LogP contribution is -2.43. The van der Waals surface area contributed by atoms with Gasteiger partial charge in [0.1, 0.15) is 6.61 Å². The normalized spacial score (nSPS) is 11.9. The zero-order valence-corrected chi connectivity index (χ0v) is 12.1. The Morgan fingerprint density at radius 1 is 1.35 bits per heavy atom. The molecule has 0 aliphatic heterocycles. The van der Waals surface area contributed by atoms with Gasteiger partial charge in [-0.1, -0.05) is 11.6 Å². The predicted octanol–water partition coefficient (Wildman–Crippen LogP) is 3.19. The first kappa shape index (κ1) is 14.6. The molecule has 0 spiro atoms. The molecule has 0 amide bonds. The van der Waals surface area contributed by atoms with E-state index in [0.717, 1.165) is 0 Å². The van der Waals surface area contributed by atoms with Crippen molar-refractivity contribution in [3.8, 4) is 5.88 Å². The summed E-state index contributed by atoms with van der Waals surface area (Å²) in [6, 6.07) is 3.51. The molecular weight excluding hydrogens is 259 g/mol. The highest BCUT2D eigenvalue weighted by atomic mass is 35.5. The molecule has 0 aliphatic rings. The molecule has 0 aromatic carbocycles. The third-order valence-corrected chi connectivity index (χ3v) is 3.40. The molecule has 0 aliphatic carbocycles. The average molecular weight is 277 g/mol. The number of pyridine rings is 1. The number of alkyl halides is 1. The maximum absolute atomic E-state index is 5.93. The van der Waals surface area contributed by atoms with E-state index in [-0.39, 0.29) is 11.4 Å². The van der Waals surface area contributed by atoms with Gasteiger partial charge in [0.25, 0.3) is 0 Å². The lowest BCUT2D eigenvalue weighted by molar-refractivity contribution is 0.111. The number of likely N-dealkylation sites (N-methyl/N-ethyl adjacent to an activating group) is 1. The van der Waals surface area contributed by atoms with E-state index >= 15 is 0 Å². The van der Waals surface area contributed by atoms with Gasteiger partial charge in [0.05, 0.1) is 16.6 Å². The van der Waals surface area contributed by atoms with Crippen LogP contribution in [0.3, 0.4) is 0 Å². The Balaban J connectivity index is 2.70. The fourth-order valence-electron chi connectivity index (χ4n) is 1.02. The molecule has 3 nitrogen and oxygen atoms in total. The quantitative estimate of drug-likeness (QED) is 0.773. The van der Waals surface area contributed by atoms with E-state index in [2.05, 4.69) is 23.7 Å². The number of aromatic nitrogens is 1. The van der Waals surface area contributed by atoms with Crippen LogP contribution in [-0.4, -0.2) is 36.1 Å². The third-order valence-electron chi connectivity index (χ3n) is 2.80. The van der Waals surface area contributed by atoms with Crippen molar-refractivity contribution in [1.29, 1.82) is 0 Å². The lowest BCUT2D eigenvalue weighted by Gasteiger charge is -2.31. The van der Waals surface area contributed by atoms with Crippen LogP contribution in [0.2, 0.25) is 5.02 Å². The molecule has 0 fully saturated rings. The Bertz CT molecular complexity index is 381. The van der Waals surface area contributed by atoms with E-state index in [4.69, 9.17) is 27.9 Å². The first-order chi connectivity index (χ1) is 7.86. The van der Waals surface area contributed by atoms with Gasteiger partial charge in [-0.05, 0) is 34.0 Å². The predicted molar refractivity (Wildman–Crippen MR) is 72.1 cm³/mol. The molecule has 0 radical (unpaired) electrons. The van der Waals surface area contributed by atoms with Crippen molar-refractivity contribution in [1.82, 2.24) is 9.88 Å². The fraction of sp³-hybridized carbons (Fsp3) is 0.583.